The minimum atomic E-state index is -0.141. The van der Waals surface area contributed by atoms with Gasteiger partial charge in [-0.2, -0.15) is 4.98 Å². The highest BCUT2D eigenvalue weighted by Crippen LogP contribution is 2.17. The third-order valence-corrected chi connectivity index (χ3v) is 4.44. The molecular weight excluding hydrogens is 352 g/mol. The number of rotatable bonds is 6. The standard InChI is InChI=1S/C22H20N4O2/c1-16-9-11-17(12-10-16)14-23-21(27)19-8-5-13-26(19)15-20-24-22(28-25-20)18-6-3-2-4-7-18/h2-13H,14-15H2,1H3,(H,23,27). The van der Waals surface area contributed by atoms with Crippen molar-refractivity contribution >= 4 is 5.91 Å². The summed E-state index contributed by atoms with van der Waals surface area (Å²) in [7, 11) is 0. The van der Waals surface area contributed by atoms with Crippen LogP contribution in [0.25, 0.3) is 11.5 Å². The topological polar surface area (TPSA) is 73.0 Å². The normalized spacial score (nSPS) is 10.8. The SMILES string of the molecule is Cc1ccc(CNC(=O)c2cccn2Cc2noc(-c3ccccc3)n2)cc1. The summed E-state index contributed by atoms with van der Waals surface area (Å²) < 4.78 is 7.15. The Bertz CT molecular complexity index is 1070. The fraction of sp³-hybridized carbons (Fsp3) is 0.136. The van der Waals surface area contributed by atoms with Gasteiger partial charge in [-0.05, 0) is 36.8 Å². The quantitative estimate of drug-likeness (QED) is 0.558. The fourth-order valence-electron chi connectivity index (χ4n) is 2.91. The molecule has 0 fully saturated rings. The second-order valence-corrected chi connectivity index (χ2v) is 6.57. The van der Waals surface area contributed by atoms with Gasteiger partial charge in [0.2, 0.25) is 0 Å². The number of carbonyl (C=O) groups excluding carboxylic acids is 1. The molecule has 0 bridgehead atoms. The van der Waals surface area contributed by atoms with Crippen LogP contribution in [0.2, 0.25) is 0 Å². The molecule has 2 aromatic carbocycles. The number of nitrogens with one attached hydrogen (secondary N) is 1. The van der Waals surface area contributed by atoms with E-state index < -0.39 is 0 Å². The first-order chi connectivity index (χ1) is 13.7. The van der Waals surface area contributed by atoms with E-state index in [1.165, 1.54) is 5.56 Å². The number of amides is 1. The molecule has 1 N–H and O–H groups in total. The van der Waals surface area contributed by atoms with E-state index in [9.17, 15) is 4.79 Å². The minimum Gasteiger partial charge on any atom is -0.347 e. The van der Waals surface area contributed by atoms with Crippen molar-refractivity contribution in [1.29, 1.82) is 0 Å². The molecule has 2 aromatic heterocycles. The van der Waals surface area contributed by atoms with Crippen LogP contribution >= 0.6 is 0 Å². The maximum absolute atomic E-state index is 12.6. The van der Waals surface area contributed by atoms with Crippen LogP contribution in [0.5, 0.6) is 0 Å². The zero-order valence-corrected chi connectivity index (χ0v) is 15.5. The molecule has 0 aliphatic rings. The lowest BCUT2D eigenvalue weighted by atomic mass is 10.1. The first-order valence-electron chi connectivity index (χ1n) is 9.06. The van der Waals surface area contributed by atoms with Gasteiger partial charge in [0.05, 0.1) is 6.54 Å². The molecule has 0 spiro atoms. The van der Waals surface area contributed by atoms with Gasteiger partial charge in [0.25, 0.3) is 11.8 Å². The number of hydrogen-bond donors (Lipinski definition) is 1. The summed E-state index contributed by atoms with van der Waals surface area (Å²) in [6.07, 6.45) is 1.83. The van der Waals surface area contributed by atoms with Crippen molar-refractivity contribution in [3.05, 3.63) is 95.6 Å². The fourth-order valence-corrected chi connectivity index (χ4v) is 2.91. The van der Waals surface area contributed by atoms with Crippen LogP contribution in [0.4, 0.5) is 0 Å². The lowest BCUT2D eigenvalue weighted by Crippen LogP contribution is -2.25. The largest absolute Gasteiger partial charge is 0.347 e. The highest BCUT2D eigenvalue weighted by Gasteiger charge is 2.14. The zero-order valence-electron chi connectivity index (χ0n) is 15.5. The van der Waals surface area contributed by atoms with Crippen LogP contribution in [-0.2, 0) is 13.1 Å². The average Bonchev–Trinajstić information content (AvgIpc) is 3.38. The maximum atomic E-state index is 12.6. The monoisotopic (exact) mass is 372 g/mol. The van der Waals surface area contributed by atoms with Crippen LogP contribution in [0.15, 0.2) is 77.4 Å². The number of benzene rings is 2. The zero-order chi connectivity index (χ0) is 19.3. The third kappa shape index (κ3) is 4.01. The Morgan fingerprint density at radius 1 is 1.04 bits per heavy atom. The van der Waals surface area contributed by atoms with Crippen LogP contribution in [0, 0.1) is 6.92 Å². The van der Waals surface area contributed by atoms with E-state index in [0.717, 1.165) is 11.1 Å². The molecule has 0 saturated carbocycles. The molecule has 2 heterocycles. The van der Waals surface area contributed by atoms with Crippen molar-refractivity contribution in [2.45, 2.75) is 20.0 Å². The molecule has 0 radical (unpaired) electrons. The van der Waals surface area contributed by atoms with Gasteiger partial charge in [0, 0.05) is 18.3 Å². The molecule has 0 aliphatic carbocycles. The van der Waals surface area contributed by atoms with E-state index in [1.54, 1.807) is 6.07 Å². The summed E-state index contributed by atoms with van der Waals surface area (Å²) in [4.78, 5) is 17.0. The van der Waals surface area contributed by atoms with Gasteiger partial charge in [0.1, 0.15) is 5.69 Å². The van der Waals surface area contributed by atoms with Crippen LogP contribution in [-0.4, -0.2) is 20.6 Å². The van der Waals surface area contributed by atoms with E-state index in [-0.39, 0.29) is 5.91 Å². The van der Waals surface area contributed by atoms with Crippen LogP contribution < -0.4 is 5.32 Å². The molecular formula is C22H20N4O2. The van der Waals surface area contributed by atoms with E-state index >= 15 is 0 Å². The lowest BCUT2D eigenvalue weighted by molar-refractivity contribution is 0.0942. The molecule has 6 heteroatoms. The van der Waals surface area contributed by atoms with Gasteiger partial charge in [0.15, 0.2) is 5.82 Å². The number of carbonyl (C=O) groups is 1. The molecule has 28 heavy (non-hydrogen) atoms. The molecule has 1 amide bonds. The van der Waals surface area contributed by atoms with Crippen molar-refractivity contribution in [3.63, 3.8) is 0 Å². The molecule has 0 aliphatic heterocycles. The molecule has 0 unspecified atom stereocenters. The first kappa shape index (κ1) is 17.7. The number of aryl methyl sites for hydroxylation is 1. The smallest absolute Gasteiger partial charge is 0.268 e. The Labute approximate surface area is 162 Å². The maximum Gasteiger partial charge on any atom is 0.268 e. The van der Waals surface area contributed by atoms with E-state index in [0.29, 0.717) is 30.5 Å². The molecule has 0 atom stereocenters. The highest BCUT2D eigenvalue weighted by atomic mass is 16.5. The molecule has 4 rings (SSSR count). The van der Waals surface area contributed by atoms with E-state index in [4.69, 9.17) is 4.52 Å². The van der Waals surface area contributed by atoms with Crippen LogP contribution in [0.3, 0.4) is 0 Å². The Kier molecular flexibility index (Phi) is 5.01. The molecule has 6 nitrogen and oxygen atoms in total. The summed E-state index contributed by atoms with van der Waals surface area (Å²) >= 11 is 0. The Balaban J connectivity index is 1.43. The summed E-state index contributed by atoms with van der Waals surface area (Å²) in [5.41, 5.74) is 3.67. The highest BCUT2D eigenvalue weighted by molar-refractivity contribution is 5.92. The Morgan fingerprint density at radius 3 is 2.61 bits per heavy atom. The van der Waals surface area contributed by atoms with Crippen molar-refractivity contribution in [1.82, 2.24) is 20.0 Å². The summed E-state index contributed by atoms with van der Waals surface area (Å²) in [5.74, 6) is 0.841. The molecule has 140 valence electrons. The van der Waals surface area contributed by atoms with Gasteiger partial charge < -0.3 is 14.4 Å². The van der Waals surface area contributed by atoms with Crippen molar-refractivity contribution in [3.8, 4) is 11.5 Å². The second kappa shape index (κ2) is 7.92. The predicted molar refractivity (Wildman–Crippen MR) is 106 cm³/mol. The summed E-state index contributed by atoms with van der Waals surface area (Å²) in [5, 5.41) is 6.99. The number of hydrogen-bond acceptors (Lipinski definition) is 4. The van der Waals surface area contributed by atoms with Gasteiger partial charge in [-0.15, -0.1) is 0 Å². The summed E-state index contributed by atoms with van der Waals surface area (Å²) in [6.45, 7) is 2.87. The minimum absolute atomic E-state index is 0.141. The van der Waals surface area contributed by atoms with Gasteiger partial charge in [-0.3, -0.25) is 4.79 Å². The van der Waals surface area contributed by atoms with Crippen LogP contribution in [0.1, 0.15) is 27.4 Å². The molecule has 0 saturated heterocycles. The Hall–Kier alpha value is -3.67. The van der Waals surface area contributed by atoms with E-state index in [2.05, 4.69) is 15.5 Å². The number of nitrogens with zero attached hydrogens (tertiary/aromatic N) is 3. The summed E-state index contributed by atoms with van der Waals surface area (Å²) in [6, 6.07) is 21.3. The van der Waals surface area contributed by atoms with Crippen molar-refractivity contribution in [2.75, 3.05) is 0 Å². The molecule has 4 aromatic rings. The first-order valence-corrected chi connectivity index (χ1v) is 9.06. The Morgan fingerprint density at radius 2 is 1.82 bits per heavy atom. The van der Waals surface area contributed by atoms with Gasteiger partial charge >= 0.3 is 0 Å². The predicted octanol–water partition coefficient (Wildman–Crippen LogP) is 3.82. The van der Waals surface area contributed by atoms with Gasteiger partial charge in [-0.1, -0.05) is 53.2 Å². The number of aromatic nitrogens is 3. The van der Waals surface area contributed by atoms with Gasteiger partial charge in [-0.25, -0.2) is 0 Å². The second-order valence-electron chi connectivity index (χ2n) is 6.57. The third-order valence-electron chi connectivity index (χ3n) is 4.44. The van der Waals surface area contributed by atoms with E-state index in [1.807, 2.05) is 78.4 Å². The average molecular weight is 372 g/mol. The van der Waals surface area contributed by atoms with Crippen molar-refractivity contribution in [2.24, 2.45) is 0 Å². The lowest BCUT2D eigenvalue weighted by Gasteiger charge is -2.08. The van der Waals surface area contributed by atoms with Crippen molar-refractivity contribution < 1.29 is 9.32 Å².